The second-order valence-corrected chi connectivity index (χ2v) is 5.20. The summed E-state index contributed by atoms with van der Waals surface area (Å²) in [5, 5.41) is 15.2. The molecule has 0 atom stereocenters. The first-order chi connectivity index (χ1) is 10.3. The molecule has 0 aliphatic heterocycles. The first-order valence-corrected chi connectivity index (χ1v) is 7.16. The number of aryl methyl sites for hydroxylation is 2. The molecule has 0 amide bonds. The molecule has 5 nitrogen and oxygen atoms in total. The molecule has 0 bridgehead atoms. The SMILES string of the molecule is Cc1nnc(N(C)CCCn2cccn2)c2ccccc12. The molecule has 0 fully saturated rings. The van der Waals surface area contributed by atoms with E-state index in [0.717, 1.165) is 36.4 Å². The zero-order valence-electron chi connectivity index (χ0n) is 12.4. The third kappa shape index (κ3) is 2.86. The molecule has 21 heavy (non-hydrogen) atoms. The van der Waals surface area contributed by atoms with E-state index in [2.05, 4.69) is 39.4 Å². The molecule has 5 heteroatoms. The van der Waals surface area contributed by atoms with Gasteiger partial charge in [0, 0.05) is 43.3 Å². The quantitative estimate of drug-likeness (QED) is 0.721. The Morgan fingerprint density at radius 1 is 1.10 bits per heavy atom. The van der Waals surface area contributed by atoms with Crippen LogP contribution in [0.5, 0.6) is 0 Å². The molecule has 108 valence electrons. The Bertz CT molecular complexity index is 721. The van der Waals surface area contributed by atoms with Crippen LogP contribution in [0.1, 0.15) is 12.1 Å². The van der Waals surface area contributed by atoms with Crippen molar-refractivity contribution >= 4 is 16.6 Å². The van der Waals surface area contributed by atoms with Crippen LogP contribution in [0.15, 0.2) is 42.7 Å². The van der Waals surface area contributed by atoms with Crippen molar-refractivity contribution < 1.29 is 0 Å². The minimum absolute atomic E-state index is 0.911. The highest BCUT2D eigenvalue weighted by Crippen LogP contribution is 2.24. The number of anilines is 1. The van der Waals surface area contributed by atoms with Gasteiger partial charge in [-0.3, -0.25) is 4.68 Å². The van der Waals surface area contributed by atoms with Crippen LogP contribution < -0.4 is 4.90 Å². The third-order valence-electron chi connectivity index (χ3n) is 3.65. The van der Waals surface area contributed by atoms with Gasteiger partial charge in [-0.2, -0.15) is 10.2 Å². The van der Waals surface area contributed by atoms with Crippen LogP contribution in [-0.2, 0) is 6.54 Å². The van der Waals surface area contributed by atoms with Crippen LogP contribution in [0.3, 0.4) is 0 Å². The number of hydrogen-bond donors (Lipinski definition) is 0. The number of fused-ring (bicyclic) bond motifs is 1. The number of benzene rings is 1. The lowest BCUT2D eigenvalue weighted by molar-refractivity contribution is 0.577. The molecule has 3 rings (SSSR count). The minimum atomic E-state index is 0.911. The molecular formula is C16H19N5. The van der Waals surface area contributed by atoms with E-state index >= 15 is 0 Å². The van der Waals surface area contributed by atoms with Crippen molar-refractivity contribution in [2.24, 2.45) is 0 Å². The van der Waals surface area contributed by atoms with Gasteiger partial charge in [-0.15, -0.1) is 5.10 Å². The standard InChI is InChI=1S/C16H19N5/c1-13-14-7-3-4-8-15(14)16(19-18-13)20(2)10-6-12-21-11-5-9-17-21/h3-5,7-9,11H,6,10,12H2,1-2H3. The van der Waals surface area contributed by atoms with E-state index in [4.69, 9.17) is 0 Å². The molecule has 2 aromatic heterocycles. The molecule has 0 saturated carbocycles. The Labute approximate surface area is 124 Å². The Morgan fingerprint density at radius 3 is 2.67 bits per heavy atom. The van der Waals surface area contributed by atoms with Crippen LogP contribution >= 0.6 is 0 Å². The molecule has 0 aliphatic rings. The molecule has 0 unspecified atom stereocenters. The van der Waals surface area contributed by atoms with Gasteiger partial charge in [-0.1, -0.05) is 24.3 Å². The summed E-state index contributed by atoms with van der Waals surface area (Å²) < 4.78 is 1.95. The van der Waals surface area contributed by atoms with Gasteiger partial charge in [-0.05, 0) is 19.4 Å². The molecule has 0 N–H and O–H groups in total. The maximum absolute atomic E-state index is 4.38. The number of aromatic nitrogens is 4. The second-order valence-electron chi connectivity index (χ2n) is 5.20. The minimum Gasteiger partial charge on any atom is -0.358 e. The maximum atomic E-state index is 4.38. The maximum Gasteiger partial charge on any atom is 0.158 e. The Balaban J connectivity index is 1.75. The van der Waals surface area contributed by atoms with Crippen molar-refractivity contribution in [3.8, 4) is 0 Å². The summed E-state index contributed by atoms with van der Waals surface area (Å²) in [6.45, 7) is 3.83. The molecule has 0 saturated heterocycles. The lowest BCUT2D eigenvalue weighted by Gasteiger charge is -2.19. The molecule has 1 aromatic carbocycles. The van der Waals surface area contributed by atoms with E-state index < -0.39 is 0 Å². The van der Waals surface area contributed by atoms with Crippen LogP contribution in [0, 0.1) is 6.92 Å². The topological polar surface area (TPSA) is 46.8 Å². The van der Waals surface area contributed by atoms with Crippen molar-refractivity contribution in [3.05, 3.63) is 48.4 Å². The fraction of sp³-hybridized carbons (Fsp3) is 0.312. The van der Waals surface area contributed by atoms with E-state index in [9.17, 15) is 0 Å². The Kier molecular flexibility index (Phi) is 3.81. The van der Waals surface area contributed by atoms with Gasteiger partial charge >= 0.3 is 0 Å². The number of nitrogens with zero attached hydrogens (tertiary/aromatic N) is 5. The van der Waals surface area contributed by atoms with Gasteiger partial charge in [0.15, 0.2) is 5.82 Å². The summed E-state index contributed by atoms with van der Waals surface area (Å²) in [5.41, 5.74) is 0.972. The lowest BCUT2D eigenvalue weighted by Crippen LogP contribution is -2.22. The smallest absolute Gasteiger partial charge is 0.158 e. The number of hydrogen-bond acceptors (Lipinski definition) is 4. The highest BCUT2D eigenvalue weighted by Gasteiger charge is 2.10. The summed E-state index contributed by atoms with van der Waals surface area (Å²) in [7, 11) is 2.06. The predicted octanol–water partition coefficient (Wildman–Crippen LogP) is 2.66. The normalized spacial score (nSPS) is 11.0. The first kappa shape index (κ1) is 13.5. The average Bonchev–Trinajstić information content (AvgIpc) is 3.01. The van der Waals surface area contributed by atoms with E-state index in [1.54, 1.807) is 0 Å². The van der Waals surface area contributed by atoms with E-state index in [-0.39, 0.29) is 0 Å². The van der Waals surface area contributed by atoms with Crippen LogP contribution in [0.25, 0.3) is 10.8 Å². The van der Waals surface area contributed by atoms with E-state index in [1.165, 1.54) is 5.39 Å². The van der Waals surface area contributed by atoms with Crippen molar-refractivity contribution in [1.82, 2.24) is 20.0 Å². The van der Waals surface area contributed by atoms with Gasteiger partial charge in [0.1, 0.15) is 0 Å². The average molecular weight is 281 g/mol. The zero-order valence-corrected chi connectivity index (χ0v) is 12.4. The van der Waals surface area contributed by atoms with Crippen LogP contribution in [0.4, 0.5) is 5.82 Å². The molecule has 0 spiro atoms. The largest absolute Gasteiger partial charge is 0.358 e. The van der Waals surface area contributed by atoms with Crippen molar-refractivity contribution in [3.63, 3.8) is 0 Å². The predicted molar refractivity (Wildman–Crippen MR) is 84.4 cm³/mol. The Hall–Kier alpha value is -2.43. The summed E-state index contributed by atoms with van der Waals surface area (Å²) in [6, 6.07) is 10.2. The highest BCUT2D eigenvalue weighted by atomic mass is 15.3. The molecular weight excluding hydrogens is 262 g/mol. The molecule has 0 radical (unpaired) electrons. The molecule has 2 heterocycles. The fourth-order valence-corrected chi connectivity index (χ4v) is 2.51. The van der Waals surface area contributed by atoms with Crippen LogP contribution in [0.2, 0.25) is 0 Å². The van der Waals surface area contributed by atoms with E-state index in [0.29, 0.717) is 0 Å². The van der Waals surface area contributed by atoms with Gasteiger partial charge in [-0.25, -0.2) is 0 Å². The lowest BCUT2D eigenvalue weighted by atomic mass is 10.1. The van der Waals surface area contributed by atoms with Gasteiger partial charge in [0.05, 0.1) is 5.69 Å². The first-order valence-electron chi connectivity index (χ1n) is 7.16. The van der Waals surface area contributed by atoms with Gasteiger partial charge in [0.25, 0.3) is 0 Å². The Morgan fingerprint density at radius 2 is 1.90 bits per heavy atom. The monoisotopic (exact) mass is 281 g/mol. The zero-order chi connectivity index (χ0) is 14.7. The highest BCUT2D eigenvalue weighted by molar-refractivity contribution is 5.93. The van der Waals surface area contributed by atoms with Gasteiger partial charge < -0.3 is 4.90 Å². The summed E-state index contributed by atoms with van der Waals surface area (Å²) >= 11 is 0. The summed E-state index contributed by atoms with van der Waals surface area (Å²) in [5.74, 6) is 0.941. The summed E-state index contributed by atoms with van der Waals surface area (Å²) in [4.78, 5) is 2.16. The van der Waals surface area contributed by atoms with Crippen molar-refractivity contribution in [1.29, 1.82) is 0 Å². The molecule has 3 aromatic rings. The van der Waals surface area contributed by atoms with Crippen LogP contribution in [-0.4, -0.2) is 33.6 Å². The summed E-state index contributed by atoms with van der Waals surface area (Å²) in [6.07, 6.45) is 4.81. The number of rotatable bonds is 5. The second kappa shape index (κ2) is 5.91. The van der Waals surface area contributed by atoms with Crippen molar-refractivity contribution in [2.45, 2.75) is 19.9 Å². The van der Waals surface area contributed by atoms with Gasteiger partial charge in [0.2, 0.25) is 0 Å². The third-order valence-corrected chi connectivity index (χ3v) is 3.65. The molecule has 0 aliphatic carbocycles. The van der Waals surface area contributed by atoms with Crippen molar-refractivity contribution in [2.75, 3.05) is 18.5 Å². The fourth-order valence-electron chi connectivity index (χ4n) is 2.51. The van der Waals surface area contributed by atoms with E-state index in [1.807, 2.05) is 42.2 Å².